The van der Waals surface area contributed by atoms with Crippen molar-refractivity contribution < 1.29 is 24.2 Å². The largest absolute Gasteiger partial charge is 0.449 e. The first-order valence-corrected chi connectivity index (χ1v) is 15.6. The maximum atomic E-state index is 13.6. The Morgan fingerprint density at radius 1 is 0.795 bits per heavy atom. The van der Waals surface area contributed by atoms with Gasteiger partial charge in [0.25, 0.3) is 0 Å². The third-order valence-corrected chi connectivity index (χ3v) is 8.34. The van der Waals surface area contributed by atoms with E-state index in [4.69, 9.17) is 4.74 Å². The number of hydrogen-bond donors (Lipinski definition) is 4. The minimum Gasteiger partial charge on any atom is -0.449 e. The van der Waals surface area contributed by atoms with Crippen LogP contribution in [-0.4, -0.2) is 54.4 Å². The van der Waals surface area contributed by atoms with Crippen molar-refractivity contribution in [1.29, 1.82) is 0 Å². The number of carbonyl (C=O) groups excluding carboxylic acids is 3. The average molecular weight is 600 g/mol. The molecular formula is C36H45N3O5. The van der Waals surface area contributed by atoms with Crippen LogP contribution in [0.5, 0.6) is 0 Å². The van der Waals surface area contributed by atoms with Crippen LogP contribution < -0.4 is 16.0 Å². The maximum absolute atomic E-state index is 13.6. The molecule has 3 aromatic rings. The molecule has 4 rings (SSSR count). The van der Waals surface area contributed by atoms with Crippen molar-refractivity contribution in [3.8, 4) is 11.1 Å². The lowest BCUT2D eigenvalue weighted by Gasteiger charge is -2.28. The van der Waals surface area contributed by atoms with Crippen LogP contribution in [0.25, 0.3) is 11.1 Å². The highest BCUT2D eigenvalue weighted by molar-refractivity contribution is 5.91. The van der Waals surface area contributed by atoms with Crippen molar-refractivity contribution in [3.63, 3.8) is 0 Å². The number of aliphatic hydroxyl groups excluding tert-OH is 1. The van der Waals surface area contributed by atoms with Crippen molar-refractivity contribution in [2.24, 2.45) is 11.8 Å². The van der Waals surface area contributed by atoms with Crippen LogP contribution in [0.2, 0.25) is 0 Å². The zero-order valence-electron chi connectivity index (χ0n) is 26.1. The molecule has 1 aliphatic carbocycles. The Morgan fingerprint density at radius 3 is 1.95 bits per heavy atom. The SMILES string of the molecule is CC[C@H](C)[C@H](NC(=O)[C@H](CC(C)C)NC(=O)OCC1c2ccccc2-c2ccccc21)C(=O)N[C@@H](CO)Cc1ccccc1. The number of benzene rings is 3. The zero-order chi connectivity index (χ0) is 31.6. The highest BCUT2D eigenvalue weighted by Gasteiger charge is 2.33. The summed E-state index contributed by atoms with van der Waals surface area (Å²) >= 11 is 0. The lowest BCUT2D eigenvalue weighted by atomic mass is 9.96. The third-order valence-electron chi connectivity index (χ3n) is 8.34. The van der Waals surface area contributed by atoms with E-state index in [0.29, 0.717) is 19.3 Å². The summed E-state index contributed by atoms with van der Waals surface area (Å²) in [6, 6.07) is 23.6. The van der Waals surface area contributed by atoms with Crippen LogP contribution in [0.4, 0.5) is 4.79 Å². The summed E-state index contributed by atoms with van der Waals surface area (Å²) in [5.74, 6) is -0.993. The van der Waals surface area contributed by atoms with Crippen molar-refractivity contribution in [2.75, 3.05) is 13.2 Å². The monoisotopic (exact) mass is 599 g/mol. The van der Waals surface area contributed by atoms with Crippen molar-refractivity contribution in [2.45, 2.75) is 71.0 Å². The molecule has 4 N–H and O–H groups in total. The first kappa shape index (κ1) is 32.7. The summed E-state index contributed by atoms with van der Waals surface area (Å²) in [6.45, 7) is 7.68. The zero-order valence-corrected chi connectivity index (χ0v) is 26.1. The summed E-state index contributed by atoms with van der Waals surface area (Å²) in [5.41, 5.74) is 5.47. The number of alkyl carbamates (subject to hydrolysis) is 1. The topological polar surface area (TPSA) is 117 Å². The van der Waals surface area contributed by atoms with Crippen LogP contribution in [0.15, 0.2) is 78.9 Å². The Kier molecular flexibility index (Phi) is 11.6. The van der Waals surface area contributed by atoms with Gasteiger partial charge in [-0.2, -0.15) is 0 Å². The molecule has 3 aromatic carbocycles. The van der Waals surface area contributed by atoms with E-state index in [1.807, 2.05) is 82.3 Å². The Morgan fingerprint density at radius 2 is 1.39 bits per heavy atom. The lowest BCUT2D eigenvalue weighted by Crippen LogP contribution is -2.57. The number of carbonyl (C=O) groups is 3. The van der Waals surface area contributed by atoms with Gasteiger partial charge in [-0.3, -0.25) is 9.59 Å². The summed E-state index contributed by atoms with van der Waals surface area (Å²) in [5, 5.41) is 18.5. The van der Waals surface area contributed by atoms with Gasteiger partial charge in [0.2, 0.25) is 11.8 Å². The van der Waals surface area contributed by atoms with Gasteiger partial charge in [-0.05, 0) is 52.5 Å². The lowest BCUT2D eigenvalue weighted by molar-refractivity contribution is -0.132. The molecule has 234 valence electrons. The average Bonchev–Trinajstić information content (AvgIpc) is 3.35. The fourth-order valence-corrected chi connectivity index (χ4v) is 5.79. The van der Waals surface area contributed by atoms with Crippen molar-refractivity contribution in [1.82, 2.24) is 16.0 Å². The highest BCUT2D eigenvalue weighted by atomic mass is 16.5. The number of amides is 3. The molecule has 8 nitrogen and oxygen atoms in total. The van der Waals surface area contributed by atoms with Gasteiger partial charge in [0.05, 0.1) is 12.6 Å². The van der Waals surface area contributed by atoms with Gasteiger partial charge in [-0.15, -0.1) is 0 Å². The number of hydrogen-bond acceptors (Lipinski definition) is 5. The Bertz CT molecular complexity index is 1360. The summed E-state index contributed by atoms with van der Waals surface area (Å²) < 4.78 is 5.71. The number of aliphatic hydroxyl groups is 1. The molecule has 0 spiro atoms. The molecule has 0 aliphatic heterocycles. The van der Waals surface area contributed by atoms with Gasteiger partial charge in [0, 0.05) is 5.92 Å². The van der Waals surface area contributed by atoms with Crippen LogP contribution >= 0.6 is 0 Å². The molecule has 4 atom stereocenters. The van der Waals surface area contributed by atoms with E-state index in [1.165, 1.54) is 0 Å². The quantitative estimate of drug-likeness (QED) is 0.204. The van der Waals surface area contributed by atoms with Crippen LogP contribution in [-0.2, 0) is 20.7 Å². The number of nitrogens with one attached hydrogen (secondary N) is 3. The van der Waals surface area contributed by atoms with Crippen molar-refractivity contribution in [3.05, 3.63) is 95.6 Å². The van der Waals surface area contributed by atoms with Crippen LogP contribution in [0.3, 0.4) is 0 Å². The second-order valence-electron chi connectivity index (χ2n) is 12.1. The molecule has 3 amide bonds. The van der Waals surface area contributed by atoms with E-state index in [1.54, 1.807) is 0 Å². The molecule has 0 saturated carbocycles. The molecule has 0 aromatic heterocycles. The van der Waals surface area contributed by atoms with Gasteiger partial charge >= 0.3 is 6.09 Å². The molecule has 0 heterocycles. The Balaban J connectivity index is 1.40. The van der Waals surface area contributed by atoms with E-state index < -0.39 is 30.1 Å². The normalized spacial score (nSPS) is 15.0. The van der Waals surface area contributed by atoms with Gasteiger partial charge in [0.1, 0.15) is 18.7 Å². The second kappa shape index (κ2) is 15.5. The number of rotatable bonds is 14. The van der Waals surface area contributed by atoms with E-state index in [9.17, 15) is 19.5 Å². The maximum Gasteiger partial charge on any atom is 0.407 e. The van der Waals surface area contributed by atoms with E-state index in [2.05, 4.69) is 40.2 Å². The highest BCUT2D eigenvalue weighted by Crippen LogP contribution is 2.44. The fourth-order valence-electron chi connectivity index (χ4n) is 5.79. The molecule has 44 heavy (non-hydrogen) atoms. The molecule has 0 radical (unpaired) electrons. The van der Waals surface area contributed by atoms with E-state index in [0.717, 1.165) is 27.8 Å². The van der Waals surface area contributed by atoms with E-state index >= 15 is 0 Å². The molecule has 1 aliphatic rings. The Labute approximate surface area is 260 Å². The van der Waals surface area contributed by atoms with Crippen LogP contribution in [0.1, 0.15) is 63.1 Å². The molecule has 0 unspecified atom stereocenters. The van der Waals surface area contributed by atoms with Gasteiger partial charge in [-0.25, -0.2) is 4.79 Å². The fraction of sp³-hybridized carbons (Fsp3) is 0.417. The first-order chi connectivity index (χ1) is 21.2. The van der Waals surface area contributed by atoms with E-state index in [-0.39, 0.29) is 36.9 Å². The standard InChI is InChI=1S/C36H45N3O5/c1-5-24(4)33(35(42)37-26(21-40)20-25-13-7-6-8-14-25)39-34(41)32(19-23(2)3)38-36(43)44-22-31-29-17-11-9-15-27(29)28-16-10-12-18-30(28)31/h6-18,23-24,26,31-33,40H,5,19-22H2,1-4H3,(H,37,42)(H,38,43)(H,39,41)/t24-,26+,32-,33-/m0/s1. The Hall–Kier alpha value is -4.17. The van der Waals surface area contributed by atoms with Gasteiger partial charge in [-0.1, -0.05) is 113 Å². The van der Waals surface area contributed by atoms with Crippen molar-refractivity contribution >= 4 is 17.9 Å². The first-order valence-electron chi connectivity index (χ1n) is 15.6. The van der Waals surface area contributed by atoms with Gasteiger partial charge < -0.3 is 25.8 Å². The third kappa shape index (κ3) is 8.26. The molecule has 8 heteroatoms. The molecular weight excluding hydrogens is 554 g/mol. The second-order valence-corrected chi connectivity index (χ2v) is 12.1. The summed E-state index contributed by atoms with van der Waals surface area (Å²) in [4.78, 5) is 40.0. The summed E-state index contributed by atoms with van der Waals surface area (Å²) in [6.07, 6.45) is 0.803. The molecule has 0 bridgehead atoms. The molecule has 0 fully saturated rings. The predicted molar refractivity (Wildman–Crippen MR) is 172 cm³/mol. The molecule has 0 saturated heterocycles. The number of fused-ring (bicyclic) bond motifs is 3. The summed E-state index contributed by atoms with van der Waals surface area (Å²) in [7, 11) is 0. The smallest absolute Gasteiger partial charge is 0.407 e. The van der Waals surface area contributed by atoms with Gasteiger partial charge in [0.15, 0.2) is 0 Å². The minimum absolute atomic E-state index is 0.0974. The minimum atomic E-state index is -0.886. The van der Waals surface area contributed by atoms with Crippen LogP contribution in [0, 0.1) is 11.8 Å². The predicted octanol–water partition coefficient (Wildman–Crippen LogP) is 5.19. The number of ether oxygens (including phenoxy) is 1.